The van der Waals surface area contributed by atoms with Crippen LogP contribution in [-0.4, -0.2) is 65.5 Å². The Morgan fingerprint density at radius 2 is 1.81 bits per heavy atom. The lowest BCUT2D eigenvalue weighted by atomic mass is 9.83. The molecule has 1 aromatic rings. The molecule has 168 valence electrons. The van der Waals surface area contributed by atoms with Crippen LogP contribution in [0.15, 0.2) is 30.3 Å². The molecule has 1 N–H and O–H groups in total. The molecule has 3 fully saturated rings. The van der Waals surface area contributed by atoms with Crippen molar-refractivity contribution in [1.82, 2.24) is 15.1 Å². The SMILES string of the molecule is CC(C)CNC(=O)[C@H]1COC2(CCN(C(=O)C3CCC3)CC2)N1C(=O)c1ccccc1. The molecular formula is C24H33N3O4. The minimum Gasteiger partial charge on any atom is -0.354 e. The van der Waals surface area contributed by atoms with Crippen molar-refractivity contribution in [2.75, 3.05) is 26.2 Å². The number of benzene rings is 1. The fraction of sp³-hybridized carbons (Fsp3) is 0.625. The molecule has 1 saturated carbocycles. The summed E-state index contributed by atoms with van der Waals surface area (Å²) >= 11 is 0. The summed E-state index contributed by atoms with van der Waals surface area (Å²) in [5.41, 5.74) is -0.301. The Morgan fingerprint density at radius 3 is 2.39 bits per heavy atom. The quantitative estimate of drug-likeness (QED) is 0.783. The largest absolute Gasteiger partial charge is 0.354 e. The summed E-state index contributed by atoms with van der Waals surface area (Å²) in [6.07, 6.45) is 4.14. The Bertz CT molecular complexity index is 813. The van der Waals surface area contributed by atoms with Crippen LogP contribution < -0.4 is 5.32 Å². The van der Waals surface area contributed by atoms with Crippen molar-refractivity contribution in [3.63, 3.8) is 0 Å². The predicted molar refractivity (Wildman–Crippen MR) is 116 cm³/mol. The van der Waals surface area contributed by atoms with Crippen LogP contribution in [-0.2, 0) is 14.3 Å². The van der Waals surface area contributed by atoms with Gasteiger partial charge in [-0.2, -0.15) is 0 Å². The number of piperidine rings is 1. The molecular weight excluding hydrogens is 394 g/mol. The summed E-state index contributed by atoms with van der Waals surface area (Å²) in [5, 5.41) is 2.96. The molecule has 0 aromatic heterocycles. The van der Waals surface area contributed by atoms with Crippen molar-refractivity contribution in [3.8, 4) is 0 Å². The third kappa shape index (κ3) is 4.33. The van der Waals surface area contributed by atoms with E-state index in [9.17, 15) is 14.4 Å². The van der Waals surface area contributed by atoms with Gasteiger partial charge in [-0.1, -0.05) is 38.5 Å². The Hall–Kier alpha value is -2.41. The molecule has 4 rings (SSSR count). The third-order valence-corrected chi connectivity index (χ3v) is 6.80. The molecule has 1 spiro atoms. The van der Waals surface area contributed by atoms with Crippen LogP contribution in [0.2, 0.25) is 0 Å². The van der Waals surface area contributed by atoms with Crippen molar-refractivity contribution >= 4 is 17.7 Å². The maximum atomic E-state index is 13.5. The first-order valence-corrected chi connectivity index (χ1v) is 11.5. The Labute approximate surface area is 184 Å². The van der Waals surface area contributed by atoms with Crippen LogP contribution >= 0.6 is 0 Å². The Kier molecular flexibility index (Phi) is 6.32. The van der Waals surface area contributed by atoms with Gasteiger partial charge < -0.3 is 15.0 Å². The van der Waals surface area contributed by atoms with Crippen molar-refractivity contribution < 1.29 is 19.1 Å². The zero-order valence-electron chi connectivity index (χ0n) is 18.5. The predicted octanol–water partition coefficient (Wildman–Crippen LogP) is 2.42. The summed E-state index contributed by atoms with van der Waals surface area (Å²) in [6, 6.07) is 8.39. The number of carbonyl (C=O) groups is 3. The van der Waals surface area contributed by atoms with Crippen molar-refractivity contribution in [2.45, 2.75) is 57.7 Å². The molecule has 2 saturated heterocycles. The molecule has 3 amide bonds. The summed E-state index contributed by atoms with van der Waals surface area (Å²) in [4.78, 5) is 42.8. The molecule has 0 bridgehead atoms. The van der Waals surface area contributed by atoms with Gasteiger partial charge in [0.15, 0.2) is 0 Å². The number of amides is 3. The van der Waals surface area contributed by atoms with Crippen molar-refractivity contribution in [3.05, 3.63) is 35.9 Å². The van der Waals surface area contributed by atoms with E-state index in [-0.39, 0.29) is 30.2 Å². The maximum Gasteiger partial charge on any atom is 0.256 e. The molecule has 2 aliphatic heterocycles. The normalized spacial score (nSPS) is 23.1. The van der Waals surface area contributed by atoms with E-state index >= 15 is 0 Å². The number of rotatable bonds is 5. The highest BCUT2D eigenvalue weighted by atomic mass is 16.5. The minimum absolute atomic E-state index is 0.162. The number of hydrogen-bond acceptors (Lipinski definition) is 4. The van der Waals surface area contributed by atoms with E-state index in [1.807, 2.05) is 36.9 Å². The van der Waals surface area contributed by atoms with Gasteiger partial charge in [-0.05, 0) is 30.9 Å². The van der Waals surface area contributed by atoms with Gasteiger partial charge >= 0.3 is 0 Å². The fourth-order valence-electron chi connectivity index (χ4n) is 4.70. The molecule has 1 aromatic carbocycles. The standard InChI is InChI=1S/C24H33N3O4/c1-17(2)15-25-21(28)20-16-31-24(27(20)23(30)19-7-4-3-5-8-19)11-13-26(14-12-24)22(29)18-9-6-10-18/h3-5,7-8,17-18,20H,6,9-16H2,1-2H3,(H,25,28)/t20-/m1/s1. The molecule has 0 radical (unpaired) electrons. The molecule has 7 nitrogen and oxygen atoms in total. The van der Waals surface area contributed by atoms with E-state index in [1.165, 1.54) is 0 Å². The lowest BCUT2D eigenvalue weighted by molar-refractivity contribution is -0.149. The number of ether oxygens (including phenoxy) is 1. The number of nitrogens with one attached hydrogen (secondary N) is 1. The van der Waals surface area contributed by atoms with E-state index in [0.717, 1.165) is 19.3 Å². The number of carbonyl (C=O) groups excluding carboxylic acids is 3. The maximum absolute atomic E-state index is 13.5. The van der Waals surface area contributed by atoms with E-state index in [4.69, 9.17) is 4.74 Å². The van der Waals surface area contributed by atoms with Crippen LogP contribution in [0.5, 0.6) is 0 Å². The third-order valence-electron chi connectivity index (χ3n) is 6.80. The lowest BCUT2D eigenvalue weighted by Gasteiger charge is -2.45. The molecule has 3 aliphatic rings. The van der Waals surface area contributed by atoms with Crippen LogP contribution in [0.4, 0.5) is 0 Å². The summed E-state index contributed by atoms with van der Waals surface area (Å²) in [7, 11) is 0. The second-order valence-corrected chi connectivity index (χ2v) is 9.41. The highest BCUT2D eigenvalue weighted by Crippen LogP contribution is 2.39. The number of likely N-dealkylation sites (tertiary alicyclic amines) is 1. The van der Waals surface area contributed by atoms with Gasteiger partial charge in [0.2, 0.25) is 11.8 Å². The summed E-state index contributed by atoms with van der Waals surface area (Å²) in [5.74, 6) is 0.338. The minimum atomic E-state index is -0.844. The van der Waals surface area contributed by atoms with Crippen LogP contribution in [0.25, 0.3) is 0 Å². The fourth-order valence-corrected chi connectivity index (χ4v) is 4.70. The van der Waals surface area contributed by atoms with Gasteiger partial charge in [-0.3, -0.25) is 19.3 Å². The summed E-state index contributed by atoms with van der Waals surface area (Å²) in [6.45, 7) is 5.91. The highest BCUT2D eigenvalue weighted by Gasteiger charge is 2.54. The second kappa shape index (κ2) is 8.99. The topological polar surface area (TPSA) is 79.0 Å². The first-order chi connectivity index (χ1) is 14.9. The second-order valence-electron chi connectivity index (χ2n) is 9.41. The van der Waals surface area contributed by atoms with E-state index in [2.05, 4.69) is 5.32 Å². The first kappa shape index (κ1) is 21.8. The van der Waals surface area contributed by atoms with Gasteiger partial charge in [-0.15, -0.1) is 0 Å². The average molecular weight is 428 g/mol. The zero-order valence-corrected chi connectivity index (χ0v) is 18.5. The molecule has 0 unspecified atom stereocenters. The van der Waals surface area contributed by atoms with Gasteiger partial charge in [0.1, 0.15) is 11.8 Å². The Morgan fingerprint density at radius 1 is 1.13 bits per heavy atom. The first-order valence-electron chi connectivity index (χ1n) is 11.5. The summed E-state index contributed by atoms with van der Waals surface area (Å²) < 4.78 is 6.21. The zero-order chi connectivity index (χ0) is 22.0. The smallest absolute Gasteiger partial charge is 0.256 e. The lowest BCUT2D eigenvalue weighted by Crippen LogP contribution is -2.60. The number of nitrogens with zero attached hydrogens (tertiary/aromatic N) is 2. The number of hydrogen-bond donors (Lipinski definition) is 1. The van der Waals surface area contributed by atoms with E-state index in [0.29, 0.717) is 44.0 Å². The van der Waals surface area contributed by atoms with Crippen molar-refractivity contribution in [1.29, 1.82) is 0 Å². The van der Waals surface area contributed by atoms with Gasteiger partial charge in [0.05, 0.1) is 6.61 Å². The molecule has 1 atom stereocenters. The Balaban J connectivity index is 1.54. The average Bonchev–Trinajstić information content (AvgIpc) is 3.10. The van der Waals surface area contributed by atoms with Gasteiger partial charge in [0.25, 0.3) is 5.91 Å². The van der Waals surface area contributed by atoms with Crippen LogP contribution in [0, 0.1) is 11.8 Å². The van der Waals surface area contributed by atoms with Crippen LogP contribution in [0.3, 0.4) is 0 Å². The van der Waals surface area contributed by atoms with Crippen molar-refractivity contribution in [2.24, 2.45) is 11.8 Å². The van der Waals surface area contributed by atoms with E-state index < -0.39 is 11.8 Å². The van der Waals surface area contributed by atoms with Crippen LogP contribution in [0.1, 0.15) is 56.3 Å². The van der Waals surface area contributed by atoms with Gasteiger partial charge in [-0.25, -0.2) is 0 Å². The van der Waals surface area contributed by atoms with E-state index in [1.54, 1.807) is 17.0 Å². The van der Waals surface area contributed by atoms with Gasteiger partial charge in [0, 0.05) is 44.0 Å². The molecule has 7 heteroatoms. The monoisotopic (exact) mass is 427 g/mol. The highest BCUT2D eigenvalue weighted by molar-refractivity contribution is 5.98. The molecule has 2 heterocycles. The molecule has 31 heavy (non-hydrogen) atoms. The molecule has 1 aliphatic carbocycles.